The second-order valence-corrected chi connectivity index (χ2v) is 10.9. The molecule has 0 saturated heterocycles. The first kappa shape index (κ1) is 19.6. The SMILES string of the molecule is Cc1[nH]c2ccccc2c1C(C1CCCCC1)P(c1ccccc1)c1ccccc1. The standard InChI is InChI=1S/C28H30NP/c1-21-27(25-19-11-12-20-26(25)29-21)28(22-13-5-2-6-14-22)30(23-15-7-3-8-16-23)24-17-9-4-10-18-24/h3-4,7-12,15-20,22,28-29H,2,5-6,13-14H2,1H3. The zero-order valence-electron chi connectivity index (χ0n) is 17.7. The number of H-pyrrole nitrogens is 1. The Hall–Kier alpha value is -2.37. The average Bonchev–Trinajstić information content (AvgIpc) is 3.14. The fourth-order valence-electron chi connectivity index (χ4n) is 5.35. The summed E-state index contributed by atoms with van der Waals surface area (Å²) in [7, 11) is -0.497. The van der Waals surface area contributed by atoms with Crippen LogP contribution in [0.25, 0.3) is 10.9 Å². The minimum atomic E-state index is -0.497. The van der Waals surface area contributed by atoms with Crippen LogP contribution in [0.2, 0.25) is 0 Å². The van der Waals surface area contributed by atoms with Gasteiger partial charge in [0, 0.05) is 22.3 Å². The highest BCUT2D eigenvalue weighted by molar-refractivity contribution is 7.73. The van der Waals surface area contributed by atoms with Crippen LogP contribution in [0.5, 0.6) is 0 Å². The molecule has 1 unspecified atom stereocenters. The first-order valence-electron chi connectivity index (χ1n) is 11.3. The van der Waals surface area contributed by atoms with E-state index in [4.69, 9.17) is 0 Å². The second-order valence-electron chi connectivity index (χ2n) is 8.59. The van der Waals surface area contributed by atoms with Crippen LogP contribution < -0.4 is 10.6 Å². The molecule has 1 heterocycles. The van der Waals surface area contributed by atoms with E-state index in [2.05, 4.69) is 96.8 Å². The number of aromatic amines is 1. The summed E-state index contributed by atoms with van der Waals surface area (Å²) < 4.78 is 0. The number of nitrogens with one attached hydrogen (secondary N) is 1. The van der Waals surface area contributed by atoms with Crippen molar-refractivity contribution in [1.29, 1.82) is 0 Å². The Morgan fingerprint density at radius 3 is 1.93 bits per heavy atom. The molecule has 0 bridgehead atoms. The minimum absolute atomic E-state index is 0.497. The van der Waals surface area contributed by atoms with Crippen LogP contribution in [0.15, 0.2) is 84.9 Å². The van der Waals surface area contributed by atoms with Gasteiger partial charge in [0.1, 0.15) is 0 Å². The lowest BCUT2D eigenvalue weighted by atomic mass is 9.83. The van der Waals surface area contributed by atoms with Gasteiger partial charge in [-0.15, -0.1) is 0 Å². The quantitative estimate of drug-likeness (QED) is 0.333. The molecule has 1 aromatic heterocycles. The predicted molar refractivity (Wildman–Crippen MR) is 131 cm³/mol. The number of hydrogen-bond donors (Lipinski definition) is 1. The highest BCUT2D eigenvalue weighted by Gasteiger charge is 2.36. The van der Waals surface area contributed by atoms with Crippen molar-refractivity contribution in [3.8, 4) is 0 Å². The summed E-state index contributed by atoms with van der Waals surface area (Å²) in [6.07, 6.45) is 6.83. The molecule has 2 heteroatoms. The number of para-hydroxylation sites is 1. The zero-order valence-corrected chi connectivity index (χ0v) is 18.6. The first-order chi connectivity index (χ1) is 14.8. The summed E-state index contributed by atoms with van der Waals surface area (Å²) in [5.74, 6) is 0.739. The molecular weight excluding hydrogens is 381 g/mol. The largest absolute Gasteiger partial charge is 0.358 e. The van der Waals surface area contributed by atoms with Gasteiger partial charge in [-0.2, -0.15) is 0 Å². The van der Waals surface area contributed by atoms with Crippen LogP contribution in [0.1, 0.15) is 49.0 Å². The molecular formula is C28H30NP. The molecule has 3 aromatic carbocycles. The lowest BCUT2D eigenvalue weighted by Crippen LogP contribution is -2.24. The first-order valence-corrected chi connectivity index (χ1v) is 12.7. The highest BCUT2D eigenvalue weighted by atomic mass is 31.1. The molecule has 1 saturated carbocycles. The summed E-state index contributed by atoms with van der Waals surface area (Å²) in [4.78, 5) is 3.71. The molecule has 4 aromatic rings. The van der Waals surface area contributed by atoms with E-state index < -0.39 is 7.92 Å². The predicted octanol–water partition coefficient (Wildman–Crippen LogP) is 7.23. The number of rotatable bonds is 5. The Morgan fingerprint density at radius 1 is 0.733 bits per heavy atom. The number of hydrogen-bond acceptors (Lipinski definition) is 0. The minimum Gasteiger partial charge on any atom is -0.358 e. The molecule has 0 spiro atoms. The van der Waals surface area contributed by atoms with Gasteiger partial charge in [-0.25, -0.2) is 0 Å². The van der Waals surface area contributed by atoms with Gasteiger partial charge in [0.2, 0.25) is 0 Å². The average molecular weight is 412 g/mol. The molecule has 0 aliphatic heterocycles. The smallest absolute Gasteiger partial charge is 0.0459 e. The summed E-state index contributed by atoms with van der Waals surface area (Å²) >= 11 is 0. The Bertz CT molecular complexity index is 1050. The second kappa shape index (κ2) is 8.78. The van der Waals surface area contributed by atoms with Gasteiger partial charge in [0.05, 0.1) is 0 Å². The van der Waals surface area contributed by atoms with Crippen LogP contribution in [0.4, 0.5) is 0 Å². The fourth-order valence-corrected chi connectivity index (χ4v) is 8.59. The highest BCUT2D eigenvalue weighted by Crippen LogP contribution is 2.58. The van der Waals surface area contributed by atoms with Gasteiger partial charge in [0.15, 0.2) is 0 Å². The van der Waals surface area contributed by atoms with E-state index in [-0.39, 0.29) is 0 Å². The third-order valence-corrected chi connectivity index (χ3v) is 9.63. The fraction of sp³-hybridized carbons (Fsp3) is 0.286. The van der Waals surface area contributed by atoms with Crippen molar-refractivity contribution in [3.63, 3.8) is 0 Å². The molecule has 5 rings (SSSR count). The van der Waals surface area contributed by atoms with Crippen LogP contribution in [-0.4, -0.2) is 4.98 Å². The number of aryl methyl sites for hydroxylation is 1. The topological polar surface area (TPSA) is 15.8 Å². The summed E-state index contributed by atoms with van der Waals surface area (Å²) in [5.41, 5.74) is 4.74. The van der Waals surface area contributed by atoms with Crippen molar-refractivity contribution in [2.75, 3.05) is 0 Å². The lowest BCUT2D eigenvalue weighted by molar-refractivity contribution is 0.350. The Balaban J connectivity index is 1.74. The van der Waals surface area contributed by atoms with Crippen LogP contribution in [0.3, 0.4) is 0 Å². The molecule has 1 N–H and O–H groups in total. The van der Waals surface area contributed by atoms with Crippen LogP contribution in [0, 0.1) is 12.8 Å². The summed E-state index contributed by atoms with van der Waals surface area (Å²) in [5, 5.41) is 4.42. The normalized spacial score (nSPS) is 16.2. The number of fused-ring (bicyclic) bond motifs is 1. The van der Waals surface area contributed by atoms with E-state index in [0.717, 1.165) is 5.92 Å². The molecule has 1 aliphatic rings. The lowest BCUT2D eigenvalue weighted by Gasteiger charge is -2.37. The van der Waals surface area contributed by atoms with Gasteiger partial charge in [-0.3, -0.25) is 0 Å². The third-order valence-electron chi connectivity index (χ3n) is 6.68. The maximum absolute atomic E-state index is 3.71. The summed E-state index contributed by atoms with van der Waals surface area (Å²) in [6.45, 7) is 2.29. The van der Waals surface area contributed by atoms with E-state index in [1.165, 1.54) is 59.3 Å². The van der Waals surface area contributed by atoms with E-state index in [1.54, 1.807) is 5.56 Å². The van der Waals surface area contributed by atoms with Crippen molar-refractivity contribution in [2.24, 2.45) is 5.92 Å². The molecule has 30 heavy (non-hydrogen) atoms. The number of benzene rings is 3. The van der Waals surface area contributed by atoms with E-state index in [1.807, 2.05) is 0 Å². The molecule has 1 nitrogen and oxygen atoms in total. The van der Waals surface area contributed by atoms with Gasteiger partial charge in [-0.1, -0.05) is 98.1 Å². The van der Waals surface area contributed by atoms with Gasteiger partial charge in [0.25, 0.3) is 0 Å². The van der Waals surface area contributed by atoms with Crippen molar-refractivity contribution >= 4 is 29.4 Å². The molecule has 1 atom stereocenters. The molecule has 1 aliphatic carbocycles. The van der Waals surface area contributed by atoms with E-state index in [0.29, 0.717) is 5.66 Å². The maximum Gasteiger partial charge on any atom is 0.0459 e. The van der Waals surface area contributed by atoms with Gasteiger partial charge in [-0.05, 0) is 55.8 Å². The van der Waals surface area contributed by atoms with Crippen molar-refractivity contribution in [1.82, 2.24) is 4.98 Å². The molecule has 152 valence electrons. The third kappa shape index (κ3) is 3.72. The molecule has 0 radical (unpaired) electrons. The molecule has 0 amide bonds. The maximum atomic E-state index is 3.71. The van der Waals surface area contributed by atoms with Crippen molar-refractivity contribution in [3.05, 3.63) is 96.2 Å². The van der Waals surface area contributed by atoms with Crippen LogP contribution >= 0.6 is 7.92 Å². The Labute approximate surface area is 181 Å². The van der Waals surface area contributed by atoms with Crippen LogP contribution in [-0.2, 0) is 0 Å². The zero-order chi connectivity index (χ0) is 20.3. The van der Waals surface area contributed by atoms with Gasteiger partial charge < -0.3 is 4.98 Å². The monoisotopic (exact) mass is 411 g/mol. The van der Waals surface area contributed by atoms with E-state index >= 15 is 0 Å². The summed E-state index contributed by atoms with van der Waals surface area (Å²) in [6, 6.07) is 31.5. The Kier molecular flexibility index (Phi) is 5.73. The van der Waals surface area contributed by atoms with E-state index in [9.17, 15) is 0 Å². The van der Waals surface area contributed by atoms with Crippen molar-refractivity contribution in [2.45, 2.75) is 44.7 Å². The van der Waals surface area contributed by atoms with Crippen molar-refractivity contribution < 1.29 is 0 Å². The van der Waals surface area contributed by atoms with Gasteiger partial charge >= 0.3 is 0 Å². The molecule has 1 fully saturated rings. The number of aromatic nitrogens is 1. The Morgan fingerprint density at radius 2 is 1.30 bits per heavy atom.